The smallest absolute Gasteiger partial charge is 0.274 e. The zero-order valence-corrected chi connectivity index (χ0v) is 48.0. The van der Waals surface area contributed by atoms with E-state index in [-0.39, 0.29) is 107 Å². The summed E-state index contributed by atoms with van der Waals surface area (Å²) in [5, 5.41) is 27.0. The van der Waals surface area contributed by atoms with Gasteiger partial charge >= 0.3 is 0 Å². The normalized spacial score (nSPS) is 17.9. The number of carbonyl (C=O) groups is 5. The zero-order chi connectivity index (χ0) is 58.6. The molecule has 0 bridgehead atoms. The van der Waals surface area contributed by atoms with E-state index < -0.39 is 53.1 Å². The Kier molecular flexibility index (Phi) is 20.1. The largest absolute Gasteiger partial charge is 0.391 e. The lowest BCUT2D eigenvalue weighted by Crippen LogP contribution is -2.57. The van der Waals surface area contributed by atoms with E-state index in [9.17, 15) is 37.9 Å². The first-order chi connectivity index (χ1) is 40.0. The van der Waals surface area contributed by atoms with Crippen molar-refractivity contribution in [3.8, 4) is 10.4 Å². The molecule has 442 valence electrons. The predicted molar refractivity (Wildman–Crippen MR) is 307 cm³/mol. The number of hydrogen-bond donors (Lipinski definition) is 5. The number of thiazole rings is 1. The SMILES string of the molecule is Cc1ncsc1-c1ccc(CNC(=O)C2C[C@@H](O)CN2C(=O)[C@@H](NC(=O)CCOCCOCCOCCC(=O)N2CCC(Nc3cccc(C(=O)Nc4cnn5ccc(N6CCC[C@@H]6c6cc(F)ccc6F)nc45)n3)CC2)C(C)(C)C)cc1. The van der Waals surface area contributed by atoms with E-state index in [0.29, 0.717) is 61.9 Å². The van der Waals surface area contributed by atoms with Gasteiger partial charge in [-0.2, -0.15) is 5.10 Å². The zero-order valence-electron chi connectivity index (χ0n) is 47.2. The van der Waals surface area contributed by atoms with Gasteiger partial charge in [-0.1, -0.05) is 51.1 Å². The molecular formula is C59H72F2N12O9S. The molecule has 24 heteroatoms. The number of piperidine rings is 1. The Hall–Kier alpha value is -7.51. The number of rotatable bonds is 24. The molecule has 21 nitrogen and oxygen atoms in total. The first-order valence-corrected chi connectivity index (χ1v) is 29.0. The molecule has 6 aromatic rings. The summed E-state index contributed by atoms with van der Waals surface area (Å²) in [7, 11) is 0. The first-order valence-electron chi connectivity index (χ1n) is 28.2. The molecule has 2 aromatic carbocycles. The third kappa shape index (κ3) is 15.6. The second-order valence-electron chi connectivity index (χ2n) is 22.1. The number of fused-ring (bicyclic) bond motifs is 1. The molecule has 4 atom stereocenters. The minimum Gasteiger partial charge on any atom is -0.391 e. The molecule has 3 aliphatic rings. The molecule has 0 radical (unpaired) electrons. The van der Waals surface area contributed by atoms with Crippen LogP contribution in [-0.2, 0) is 39.9 Å². The Labute approximate surface area is 484 Å². The average molecular weight is 1160 g/mol. The Morgan fingerprint density at radius 3 is 2.33 bits per heavy atom. The van der Waals surface area contributed by atoms with E-state index in [1.807, 2.05) is 61.8 Å². The second-order valence-corrected chi connectivity index (χ2v) is 22.9. The number of aliphatic hydroxyl groups is 1. The molecule has 4 aromatic heterocycles. The molecule has 0 spiro atoms. The molecule has 3 aliphatic heterocycles. The molecule has 5 N–H and O–H groups in total. The van der Waals surface area contributed by atoms with E-state index in [2.05, 4.69) is 36.3 Å². The number of carbonyl (C=O) groups excluding carboxylic acids is 5. The molecule has 1 unspecified atom stereocenters. The van der Waals surface area contributed by atoms with Crippen molar-refractivity contribution in [3.63, 3.8) is 0 Å². The van der Waals surface area contributed by atoms with Crippen LogP contribution in [0.4, 0.5) is 26.1 Å². The van der Waals surface area contributed by atoms with E-state index in [0.717, 1.165) is 40.3 Å². The van der Waals surface area contributed by atoms with Gasteiger partial charge in [0.2, 0.25) is 23.6 Å². The summed E-state index contributed by atoms with van der Waals surface area (Å²) in [6.45, 7) is 10.8. The number of ether oxygens (including phenoxy) is 3. The van der Waals surface area contributed by atoms with Crippen LogP contribution in [0.15, 0.2) is 84.6 Å². The lowest BCUT2D eigenvalue weighted by molar-refractivity contribution is -0.144. The maximum atomic E-state index is 14.8. The highest BCUT2D eigenvalue weighted by molar-refractivity contribution is 7.13. The van der Waals surface area contributed by atoms with Gasteiger partial charge in [0.15, 0.2) is 5.65 Å². The van der Waals surface area contributed by atoms with Crippen LogP contribution < -0.4 is 26.2 Å². The maximum Gasteiger partial charge on any atom is 0.274 e. The quantitative estimate of drug-likeness (QED) is 0.0408. The minimum atomic E-state index is -0.957. The molecule has 7 heterocycles. The maximum absolute atomic E-state index is 14.8. The van der Waals surface area contributed by atoms with Gasteiger partial charge in [-0.25, -0.2) is 28.2 Å². The fraction of sp³-hybridized carbons (Fsp3) is 0.475. The number of benzene rings is 2. The number of nitrogens with zero attached hydrogens (tertiary/aromatic N) is 8. The molecule has 0 aliphatic carbocycles. The fourth-order valence-electron chi connectivity index (χ4n) is 10.6. The van der Waals surface area contributed by atoms with Gasteiger partial charge in [0.05, 0.1) is 80.5 Å². The number of anilines is 3. The Morgan fingerprint density at radius 2 is 1.60 bits per heavy atom. The Morgan fingerprint density at radius 1 is 0.867 bits per heavy atom. The van der Waals surface area contributed by atoms with E-state index >= 15 is 0 Å². The van der Waals surface area contributed by atoms with Gasteiger partial charge in [0.25, 0.3) is 5.91 Å². The molecule has 0 saturated carbocycles. The van der Waals surface area contributed by atoms with Crippen molar-refractivity contribution in [2.75, 3.05) is 81.4 Å². The van der Waals surface area contributed by atoms with Crippen molar-refractivity contribution in [2.24, 2.45) is 5.41 Å². The predicted octanol–water partition coefficient (Wildman–Crippen LogP) is 6.47. The standard InChI is InChI=1S/C59H72F2N12O9S/c1-37-53(83-36-63-37)39-12-10-38(11-13-39)33-62-57(78)48-32-42(74)35-72(48)58(79)54(59(2,3)4)69-51(75)19-25-80-27-29-82-30-28-81-26-20-52(76)70-22-16-41(17-23-70)65-49-9-5-7-45(66-49)56(77)67-46-34-64-73-24-18-50(68-55(46)73)71-21-6-8-47(71)43-31-40(60)14-15-44(43)61/h5,7,9-15,18,24,31,34,36,41-42,47-48,54,74H,6,8,16-17,19-23,25-30,32-33,35H2,1-4H3,(H,62,78)(H,65,66)(H,67,77)(H,69,75)/t42-,47-,48?,54-/m1/s1. The Bertz CT molecular complexity index is 3220. The summed E-state index contributed by atoms with van der Waals surface area (Å²) in [5.74, 6) is -1.59. The summed E-state index contributed by atoms with van der Waals surface area (Å²) in [6, 6.07) is 16.0. The third-order valence-corrected chi connectivity index (χ3v) is 16.0. The summed E-state index contributed by atoms with van der Waals surface area (Å²) >= 11 is 1.56. The highest BCUT2D eigenvalue weighted by Crippen LogP contribution is 2.37. The van der Waals surface area contributed by atoms with Crippen LogP contribution in [-0.4, -0.2) is 159 Å². The number of hydrogen-bond acceptors (Lipinski definition) is 16. The number of aromatic nitrogens is 5. The lowest BCUT2D eigenvalue weighted by Gasteiger charge is -2.35. The summed E-state index contributed by atoms with van der Waals surface area (Å²) in [6.07, 6.45) is 5.41. The van der Waals surface area contributed by atoms with Gasteiger partial charge < -0.3 is 55.3 Å². The number of aliphatic hydroxyl groups excluding tert-OH is 1. The average Bonchev–Trinajstić information content (AvgIpc) is 4.44. The van der Waals surface area contributed by atoms with Crippen molar-refractivity contribution in [1.29, 1.82) is 0 Å². The van der Waals surface area contributed by atoms with Crippen molar-refractivity contribution in [1.82, 2.24) is 45.0 Å². The number of amides is 5. The number of likely N-dealkylation sites (tertiary alicyclic amines) is 2. The van der Waals surface area contributed by atoms with Crippen LogP contribution in [0.5, 0.6) is 0 Å². The van der Waals surface area contributed by atoms with E-state index in [1.54, 1.807) is 47.3 Å². The third-order valence-electron chi connectivity index (χ3n) is 15.0. The van der Waals surface area contributed by atoms with Crippen LogP contribution >= 0.6 is 11.3 Å². The van der Waals surface area contributed by atoms with Crippen molar-refractivity contribution < 1.29 is 52.1 Å². The van der Waals surface area contributed by atoms with Crippen molar-refractivity contribution in [3.05, 3.63) is 119 Å². The van der Waals surface area contributed by atoms with Crippen molar-refractivity contribution >= 4 is 63.8 Å². The number of β-amino-alcohol motifs (C(OH)–C–C–N with tert-alkyl or cyclic N) is 1. The highest BCUT2D eigenvalue weighted by atomic mass is 32.1. The van der Waals surface area contributed by atoms with Gasteiger partial charge in [-0.05, 0) is 85.5 Å². The first kappa shape index (κ1) is 60.1. The summed E-state index contributed by atoms with van der Waals surface area (Å²) < 4.78 is 47.3. The van der Waals surface area contributed by atoms with Crippen molar-refractivity contribution in [2.45, 2.75) is 109 Å². The topological polar surface area (TPSA) is 247 Å². The number of nitrogens with one attached hydrogen (secondary N) is 4. The van der Waals surface area contributed by atoms with Crippen LogP contribution in [0, 0.1) is 24.0 Å². The van der Waals surface area contributed by atoms with Gasteiger partial charge in [-0.15, -0.1) is 11.3 Å². The molecule has 5 amide bonds. The van der Waals surface area contributed by atoms with Gasteiger partial charge in [-0.3, -0.25) is 24.0 Å². The lowest BCUT2D eigenvalue weighted by atomic mass is 9.85. The summed E-state index contributed by atoms with van der Waals surface area (Å²) in [5.41, 5.74) is 5.18. The molecule has 9 rings (SSSR count). The van der Waals surface area contributed by atoms with Crippen LogP contribution in [0.25, 0.3) is 16.1 Å². The number of aryl methyl sites for hydroxylation is 1. The molecule has 3 saturated heterocycles. The Balaban J connectivity index is 0.621. The van der Waals surface area contributed by atoms with Crippen LogP contribution in [0.1, 0.15) is 99.1 Å². The molecule has 83 heavy (non-hydrogen) atoms. The highest BCUT2D eigenvalue weighted by Gasteiger charge is 2.44. The summed E-state index contributed by atoms with van der Waals surface area (Å²) in [4.78, 5) is 87.0. The van der Waals surface area contributed by atoms with Crippen LogP contribution in [0.2, 0.25) is 0 Å². The van der Waals surface area contributed by atoms with E-state index in [1.165, 1.54) is 21.7 Å². The monoisotopic (exact) mass is 1160 g/mol. The second kappa shape index (κ2) is 27.7. The fourth-order valence-corrected chi connectivity index (χ4v) is 11.4. The van der Waals surface area contributed by atoms with Gasteiger partial charge in [0.1, 0.15) is 46.7 Å². The molecule has 3 fully saturated rings. The number of pyridine rings is 1. The number of halogens is 2. The van der Waals surface area contributed by atoms with Crippen LogP contribution in [0.3, 0.4) is 0 Å². The van der Waals surface area contributed by atoms with E-state index in [4.69, 9.17) is 19.2 Å². The minimum absolute atomic E-state index is 0.00636. The van der Waals surface area contributed by atoms with Gasteiger partial charge in [0, 0.05) is 63.4 Å². The molecular weight excluding hydrogens is 1090 g/mol.